The summed E-state index contributed by atoms with van der Waals surface area (Å²) in [6, 6.07) is 5.43. The van der Waals surface area contributed by atoms with Gasteiger partial charge in [-0.15, -0.1) is 11.3 Å². The molecule has 1 aromatic heterocycles. The van der Waals surface area contributed by atoms with E-state index in [0.29, 0.717) is 17.9 Å². The van der Waals surface area contributed by atoms with Crippen LogP contribution >= 0.6 is 11.3 Å². The number of carbonyl (C=O) groups excluding carboxylic acids is 1. The van der Waals surface area contributed by atoms with Crippen molar-refractivity contribution < 1.29 is 14.3 Å². The first-order chi connectivity index (χ1) is 9.15. The van der Waals surface area contributed by atoms with Crippen molar-refractivity contribution in [3.63, 3.8) is 0 Å². The molecule has 0 N–H and O–H groups in total. The fourth-order valence-corrected chi connectivity index (χ4v) is 2.36. The van der Waals surface area contributed by atoms with Crippen molar-refractivity contribution in [2.24, 2.45) is 0 Å². The molecule has 19 heavy (non-hydrogen) atoms. The highest BCUT2D eigenvalue weighted by Crippen LogP contribution is 2.28. The first kappa shape index (κ1) is 13.5. The van der Waals surface area contributed by atoms with Gasteiger partial charge in [-0.3, -0.25) is 0 Å². The molecule has 0 bridgehead atoms. The topological polar surface area (TPSA) is 48.4 Å². The van der Waals surface area contributed by atoms with E-state index in [2.05, 4.69) is 4.98 Å². The van der Waals surface area contributed by atoms with Gasteiger partial charge in [0.25, 0.3) is 0 Å². The van der Waals surface area contributed by atoms with Crippen molar-refractivity contribution in [2.75, 3.05) is 13.7 Å². The molecule has 5 heteroatoms. The van der Waals surface area contributed by atoms with Gasteiger partial charge in [-0.05, 0) is 32.0 Å². The first-order valence-corrected chi connectivity index (χ1v) is 6.81. The maximum absolute atomic E-state index is 11.8. The Morgan fingerprint density at radius 2 is 2.21 bits per heavy atom. The van der Waals surface area contributed by atoms with Crippen LogP contribution in [0, 0.1) is 6.92 Å². The Labute approximate surface area is 116 Å². The van der Waals surface area contributed by atoms with Gasteiger partial charge >= 0.3 is 5.97 Å². The predicted octanol–water partition coefficient (Wildman–Crippen LogP) is 3.30. The van der Waals surface area contributed by atoms with E-state index in [1.54, 1.807) is 23.5 Å². The minimum Gasteiger partial charge on any atom is -0.493 e. The summed E-state index contributed by atoms with van der Waals surface area (Å²) in [6.07, 6.45) is 0. The third kappa shape index (κ3) is 2.93. The first-order valence-electron chi connectivity index (χ1n) is 5.93. The molecule has 0 atom stereocenters. The van der Waals surface area contributed by atoms with Gasteiger partial charge in [-0.1, -0.05) is 0 Å². The Morgan fingerprint density at radius 1 is 1.42 bits per heavy atom. The molecule has 0 aliphatic carbocycles. The van der Waals surface area contributed by atoms with Crippen LogP contribution in [0.25, 0.3) is 11.3 Å². The number of methoxy groups -OCH3 is 1. The van der Waals surface area contributed by atoms with E-state index in [4.69, 9.17) is 9.47 Å². The molecule has 1 aromatic carbocycles. The lowest BCUT2D eigenvalue weighted by atomic mass is 10.1. The lowest BCUT2D eigenvalue weighted by molar-refractivity contribution is 0.0596. The van der Waals surface area contributed by atoms with Gasteiger partial charge in [-0.2, -0.15) is 0 Å². The SMILES string of the molecule is CCOc1ccc(-c2csc(C)n2)cc1C(=O)OC. The summed E-state index contributed by atoms with van der Waals surface area (Å²) in [6.45, 7) is 4.32. The fourth-order valence-electron chi connectivity index (χ4n) is 1.74. The Bertz CT molecular complexity index is 592. The van der Waals surface area contributed by atoms with E-state index in [0.717, 1.165) is 16.3 Å². The second-order valence-electron chi connectivity index (χ2n) is 3.89. The molecule has 0 saturated heterocycles. The second-order valence-corrected chi connectivity index (χ2v) is 4.95. The van der Waals surface area contributed by atoms with Gasteiger partial charge in [0.05, 0.1) is 24.4 Å². The highest BCUT2D eigenvalue weighted by Gasteiger charge is 2.15. The molecular formula is C14H15NO3S. The van der Waals surface area contributed by atoms with Crippen LogP contribution in [0.5, 0.6) is 5.75 Å². The zero-order chi connectivity index (χ0) is 13.8. The van der Waals surface area contributed by atoms with Gasteiger partial charge in [0, 0.05) is 10.9 Å². The molecule has 0 amide bonds. The monoisotopic (exact) mass is 277 g/mol. The van der Waals surface area contributed by atoms with Crippen LogP contribution in [0.3, 0.4) is 0 Å². The molecule has 2 rings (SSSR count). The molecule has 0 spiro atoms. The number of benzene rings is 1. The highest BCUT2D eigenvalue weighted by molar-refractivity contribution is 7.09. The third-order valence-electron chi connectivity index (χ3n) is 2.60. The number of aryl methyl sites for hydroxylation is 1. The van der Waals surface area contributed by atoms with Crippen LogP contribution in [0.1, 0.15) is 22.3 Å². The van der Waals surface area contributed by atoms with Crippen molar-refractivity contribution in [3.05, 3.63) is 34.2 Å². The van der Waals surface area contributed by atoms with Gasteiger partial charge in [0.15, 0.2) is 0 Å². The largest absolute Gasteiger partial charge is 0.493 e. The number of hydrogen-bond acceptors (Lipinski definition) is 5. The minimum absolute atomic E-state index is 0.405. The van der Waals surface area contributed by atoms with Crippen molar-refractivity contribution >= 4 is 17.3 Å². The number of esters is 1. The number of ether oxygens (including phenoxy) is 2. The average molecular weight is 277 g/mol. The van der Waals surface area contributed by atoms with Crippen LogP contribution in [-0.4, -0.2) is 24.7 Å². The number of carbonyl (C=O) groups is 1. The summed E-state index contributed by atoms with van der Waals surface area (Å²) < 4.78 is 10.2. The summed E-state index contributed by atoms with van der Waals surface area (Å²) in [5.74, 6) is 0.127. The Kier molecular flexibility index (Phi) is 4.16. The highest BCUT2D eigenvalue weighted by atomic mass is 32.1. The van der Waals surface area contributed by atoms with Gasteiger partial charge < -0.3 is 9.47 Å². The van der Waals surface area contributed by atoms with E-state index in [9.17, 15) is 4.79 Å². The lowest BCUT2D eigenvalue weighted by Crippen LogP contribution is -2.05. The minimum atomic E-state index is -0.405. The second kappa shape index (κ2) is 5.84. The lowest BCUT2D eigenvalue weighted by Gasteiger charge is -2.09. The third-order valence-corrected chi connectivity index (χ3v) is 3.37. The van der Waals surface area contributed by atoms with Crippen molar-refractivity contribution in [1.29, 1.82) is 0 Å². The van der Waals surface area contributed by atoms with Crippen LogP contribution in [0.15, 0.2) is 23.6 Å². The standard InChI is InChI=1S/C14H15NO3S/c1-4-18-13-6-5-10(7-11(13)14(16)17-3)12-8-19-9(2)15-12/h5-8H,4H2,1-3H3. The average Bonchev–Trinajstić information content (AvgIpc) is 2.85. The van der Waals surface area contributed by atoms with Gasteiger partial charge in [-0.25, -0.2) is 9.78 Å². The number of nitrogens with zero attached hydrogens (tertiary/aromatic N) is 1. The smallest absolute Gasteiger partial charge is 0.341 e. The Balaban J connectivity index is 2.45. The maximum Gasteiger partial charge on any atom is 0.341 e. The zero-order valence-electron chi connectivity index (χ0n) is 11.1. The Morgan fingerprint density at radius 3 is 2.79 bits per heavy atom. The van der Waals surface area contributed by atoms with Crippen LogP contribution in [-0.2, 0) is 4.74 Å². The maximum atomic E-state index is 11.8. The van der Waals surface area contributed by atoms with Crippen molar-refractivity contribution in [2.45, 2.75) is 13.8 Å². The summed E-state index contributed by atoms with van der Waals surface area (Å²) in [5.41, 5.74) is 2.16. The van der Waals surface area contributed by atoms with E-state index in [1.807, 2.05) is 25.3 Å². The summed E-state index contributed by atoms with van der Waals surface area (Å²) >= 11 is 1.58. The quantitative estimate of drug-likeness (QED) is 0.804. The predicted molar refractivity (Wildman–Crippen MR) is 74.8 cm³/mol. The molecule has 0 saturated carbocycles. The number of rotatable bonds is 4. The summed E-state index contributed by atoms with van der Waals surface area (Å²) in [4.78, 5) is 16.2. The van der Waals surface area contributed by atoms with E-state index in [-0.39, 0.29) is 0 Å². The number of aromatic nitrogens is 1. The van der Waals surface area contributed by atoms with Crippen molar-refractivity contribution in [3.8, 4) is 17.0 Å². The van der Waals surface area contributed by atoms with Crippen LogP contribution in [0.2, 0.25) is 0 Å². The fraction of sp³-hybridized carbons (Fsp3) is 0.286. The summed E-state index contributed by atoms with van der Waals surface area (Å²) in [7, 11) is 1.36. The molecule has 0 aliphatic heterocycles. The van der Waals surface area contributed by atoms with Crippen molar-refractivity contribution in [1.82, 2.24) is 4.98 Å². The molecule has 4 nitrogen and oxygen atoms in total. The molecule has 0 radical (unpaired) electrons. The van der Waals surface area contributed by atoms with Gasteiger partial charge in [0.2, 0.25) is 0 Å². The van der Waals surface area contributed by atoms with Crippen LogP contribution in [0.4, 0.5) is 0 Å². The molecule has 2 aromatic rings. The van der Waals surface area contributed by atoms with Gasteiger partial charge in [0.1, 0.15) is 11.3 Å². The van der Waals surface area contributed by atoms with Crippen LogP contribution < -0.4 is 4.74 Å². The zero-order valence-corrected chi connectivity index (χ0v) is 11.9. The molecule has 0 unspecified atom stereocenters. The summed E-state index contributed by atoms with van der Waals surface area (Å²) in [5, 5.41) is 2.95. The number of thiazole rings is 1. The van der Waals surface area contributed by atoms with E-state index >= 15 is 0 Å². The van der Waals surface area contributed by atoms with E-state index in [1.165, 1.54) is 7.11 Å². The normalized spacial score (nSPS) is 10.3. The molecule has 0 fully saturated rings. The number of hydrogen-bond donors (Lipinski definition) is 0. The molecule has 100 valence electrons. The molecule has 0 aliphatic rings. The Hall–Kier alpha value is -1.88. The molecular weight excluding hydrogens is 262 g/mol. The van der Waals surface area contributed by atoms with E-state index < -0.39 is 5.97 Å². The molecule has 1 heterocycles.